The molecule has 0 aliphatic heterocycles. The summed E-state index contributed by atoms with van der Waals surface area (Å²) in [5.41, 5.74) is 2.45. The fourth-order valence-electron chi connectivity index (χ4n) is 2.42. The van der Waals surface area contributed by atoms with E-state index in [0.29, 0.717) is 0 Å². The summed E-state index contributed by atoms with van der Waals surface area (Å²) >= 11 is 1.73. The average Bonchev–Trinajstić information content (AvgIpc) is 2.86. The van der Waals surface area contributed by atoms with Gasteiger partial charge in [-0.15, -0.1) is 11.3 Å². The van der Waals surface area contributed by atoms with Crippen molar-refractivity contribution in [3.8, 4) is 0 Å². The maximum absolute atomic E-state index is 4.46. The minimum atomic E-state index is 0.0376. The molecule has 1 heterocycles. The van der Waals surface area contributed by atoms with Crippen LogP contribution < -0.4 is 10.6 Å². The molecule has 23 heavy (non-hydrogen) atoms. The Labute approximate surface area is 143 Å². The number of hydrogen-bond acceptors (Lipinski definition) is 3. The van der Waals surface area contributed by atoms with Crippen LogP contribution in [0.15, 0.2) is 35.3 Å². The highest BCUT2D eigenvalue weighted by molar-refractivity contribution is 7.11. The van der Waals surface area contributed by atoms with Gasteiger partial charge in [-0.25, -0.2) is 4.98 Å². The van der Waals surface area contributed by atoms with E-state index in [2.05, 4.69) is 65.6 Å². The van der Waals surface area contributed by atoms with Crippen molar-refractivity contribution in [1.82, 2.24) is 15.6 Å². The van der Waals surface area contributed by atoms with Crippen molar-refractivity contribution in [2.24, 2.45) is 4.99 Å². The first-order valence-electron chi connectivity index (χ1n) is 7.85. The normalized spacial score (nSPS) is 12.3. The number of rotatable bonds is 5. The molecule has 0 fully saturated rings. The number of nitrogens with zero attached hydrogens (tertiary/aromatic N) is 2. The zero-order valence-electron chi connectivity index (χ0n) is 14.6. The van der Waals surface area contributed by atoms with E-state index in [0.717, 1.165) is 29.8 Å². The molecule has 1 aromatic carbocycles. The molecule has 4 nitrogen and oxygen atoms in total. The highest BCUT2D eigenvalue weighted by atomic mass is 32.1. The molecule has 0 bridgehead atoms. The Balaban J connectivity index is 1.91. The molecule has 0 unspecified atom stereocenters. The number of benzene rings is 1. The Morgan fingerprint density at radius 3 is 2.43 bits per heavy atom. The lowest BCUT2D eigenvalue weighted by molar-refractivity contribution is 0.508. The molecule has 0 spiro atoms. The second-order valence-corrected chi connectivity index (χ2v) is 7.56. The number of guanidine groups is 1. The predicted molar refractivity (Wildman–Crippen MR) is 99.3 cm³/mol. The minimum absolute atomic E-state index is 0.0376. The van der Waals surface area contributed by atoms with Crippen molar-refractivity contribution < 1.29 is 0 Å². The van der Waals surface area contributed by atoms with Gasteiger partial charge in [-0.2, -0.15) is 0 Å². The first-order valence-corrected chi connectivity index (χ1v) is 8.67. The van der Waals surface area contributed by atoms with Crippen molar-refractivity contribution in [2.75, 3.05) is 13.6 Å². The summed E-state index contributed by atoms with van der Waals surface area (Å²) in [4.78, 5) is 10.0. The van der Waals surface area contributed by atoms with Gasteiger partial charge in [0.15, 0.2) is 5.96 Å². The van der Waals surface area contributed by atoms with Gasteiger partial charge in [0.1, 0.15) is 0 Å². The van der Waals surface area contributed by atoms with Crippen molar-refractivity contribution in [2.45, 2.75) is 39.7 Å². The van der Waals surface area contributed by atoms with Crippen molar-refractivity contribution >= 4 is 17.3 Å². The Morgan fingerprint density at radius 1 is 1.17 bits per heavy atom. The van der Waals surface area contributed by atoms with Gasteiger partial charge in [0.2, 0.25) is 0 Å². The van der Waals surface area contributed by atoms with Crippen LogP contribution in [0.4, 0.5) is 0 Å². The molecule has 2 N–H and O–H groups in total. The van der Waals surface area contributed by atoms with Gasteiger partial charge in [-0.3, -0.25) is 4.99 Å². The third-order valence-electron chi connectivity index (χ3n) is 3.89. The number of thiazole rings is 1. The summed E-state index contributed by atoms with van der Waals surface area (Å²) in [5, 5.41) is 7.91. The summed E-state index contributed by atoms with van der Waals surface area (Å²) < 4.78 is 0. The van der Waals surface area contributed by atoms with Gasteiger partial charge in [-0.1, -0.05) is 44.2 Å². The van der Waals surface area contributed by atoms with Gasteiger partial charge >= 0.3 is 0 Å². The van der Waals surface area contributed by atoms with Crippen LogP contribution >= 0.6 is 11.3 Å². The molecule has 5 heteroatoms. The van der Waals surface area contributed by atoms with Crippen LogP contribution in [-0.4, -0.2) is 24.5 Å². The molecule has 1 aromatic heterocycles. The number of hydrogen-bond donors (Lipinski definition) is 2. The molecule has 124 valence electrons. The van der Waals surface area contributed by atoms with E-state index in [4.69, 9.17) is 0 Å². The highest BCUT2D eigenvalue weighted by Gasteiger charge is 2.20. The molecule has 0 saturated carbocycles. The van der Waals surface area contributed by atoms with Crippen LogP contribution in [0.3, 0.4) is 0 Å². The summed E-state index contributed by atoms with van der Waals surface area (Å²) in [6, 6.07) is 10.5. The first kappa shape index (κ1) is 17.5. The van der Waals surface area contributed by atoms with Gasteiger partial charge in [0.25, 0.3) is 0 Å². The van der Waals surface area contributed by atoms with Crippen LogP contribution in [0.5, 0.6) is 0 Å². The Bertz CT molecular complexity index is 659. The van der Waals surface area contributed by atoms with Crippen LogP contribution in [0.1, 0.15) is 35.0 Å². The van der Waals surface area contributed by atoms with E-state index in [1.807, 2.05) is 13.0 Å². The lowest BCUT2D eigenvalue weighted by atomic mass is 9.85. The van der Waals surface area contributed by atoms with Gasteiger partial charge in [0.05, 0.1) is 17.2 Å². The molecule has 0 saturated heterocycles. The second kappa shape index (κ2) is 7.59. The van der Waals surface area contributed by atoms with E-state index in [1.54, 1.807) is 18.4 Å². The van der Waals surface area contributed by atoms with E-state index >= 15 is 0 Å². The standard InChI is InChI=1S/C18H26N4S/c1-13-16(23-14(2)22-13)11-20-17(19-5)21-12-18(3,4)15-9-7-6-8-10-15/h6-10H,11-12H2,1-5H3,(H2,19,20,21). The Morgan fingerprint density at radius 2 is 1.87 bits per heavy atom. The monoisotopic (exact) mass is 330 g/mol. The summed E-state index contributed by atoms with van der Waals surface area (Å²) in [5.74, 6) is 0.819. The number of aliphatic imine (C=N–C) groups is 1. The highest BCUT2D eigenvalue weighted by Crippen LogP contribution is 2.21. The fourth-order valence-corrected chi connectivity index (χ4v) is 3.30. The number of nitrogens with one attached hydrogen (secondary N) is 2. The molecule has 0 radical (unpaired) electrons. The largest absolute Gasteiger partial charge is 0.356 e. The van der Waals surface area contributed by atoms with Gasteiger partial charge in [0, 0.05) is 23.9 Å². The average molecular weight is 331 g/mol. The smallest absolute Gasteiger partial charge is 0.191 e. The minimum Gasteiger partial charge on any atom is -0.356 e. The lowest BCUT2D eigenvalue weighted by Gasteiger charge is -2.26. The molecule has 0 amide bonds. The Hall–Kier alpha value is -1.88. The van der Waals surface area contributed by atoms with Crippen LogP contribution in [0.25, 0.3) is 0 Å². The van der Waals surface area contributed by atoms with Crippen LogP contribution in [-0.2, 0) is 12.0 Å². The topological polar surface area (TPSA) is 49.3 Å². The summed E-state index contributed by atoms with van der Waals surface area (Å²) in [7, 11) is 1.80. The zero-order chi connectivity index (χ0) is 16.9. The zero-order valence-corrected chi connectivity index (χ0v) is 15.4. The first-order chi connectivity index (χ1) is 10.9. The number of aromatic nitrogens is 1. The quantitative estimate of drug-likeness (QED) is 0.652. The van der Waals surface area contributed by atoms with E-state index in [9.17, 15) is 0 Å². The van der Waals surface area contributed by atoms with Gasteiger partial charge < -0.3 is 10.6 Å². The lowest BCUT2D eigenvalue weighted by Crippen LogP contribution is -2.43. The van der Waals surface area contributed by atoms with Crippen molar-refractivity contribution in [3.63, 3.8) is 0 Å². The number of aryl methyl sites for hydroxylation is 2. The third-order valence-corrected chi connectivity index (χ3v) is 4.97. The molecule has 2 aromatic rings. The summed E-state index contributed by atoms with van der Waals surface area (Å²) in [6.07, 6.45) is 0. The van der Waals surface area contributed by atoms with Crippen LogP contribution in [0, 0.1) is 13.8 Å². The Kier molecular flexibility index (Phi) is 5.77. The molecule has 2 rings (SSSR count). The maximum atomic E-state index is 4.46. The van der Waals surface area contributed by atoms with Crippen molar-refractivity contribution in [1.29, 1.82) is 0 Å². The SMILES string of the molecule is CN=C(NCc1sc(C)nc1C)NCC(C)(C)c1ccccc1. The molecular formula is C18H26N4S. The van der Waals surface area contributed by atoms with Gasteiger partial charge in [-0.05, 0) is 19.4 Å². The van der Waals surface area contributed by atoms with E-state index in [-0.39, 0.29) is 5.41 Å². The fraction of sp³-hybridized carbons (Fsp3) is 0.444. The maximum Gasteiger partial charge on any atom is 0.191 e. The van der Waals surface area contributed by atoms with E-state index in [1.165, 1.54) is 10.4 Å². The van der Waals surface area contributed by atoms with Crippen LogP contribution in [0.2, 0.25) is 0 Å². The van der Waals surface area contributed by atoms with E-state index < -0.39 is 0 Å². The second-order valence-electron chi connectivity index (χ2n) is 6.27. The summed E-state index contributed by atoms with van der Waals surface area (Å²) in [6.45, 7) is 10.1. The van der Waals surface area contributed by atoms with Crippen molar-refractivity contribution in [3.05, 3.63) is 51.5 Å². The molecular weight excluding hydrogens is 304 g/mol. The molecule has 0 aliphatic rings. The molecule has 0 atom stereocenters. The predicted octanol–water partition coefficient (Wildman–Crippen LogP) is 3.40. The third kappa shape index (κ3) is 4.79. The molecule has 0 aliphatic carbocycles.